The predicted octanol–water partition coefficient (Wildman–Crippen LogP) is 9.19. The SMILES string of the molecule is C.CC.CC.CC.CCC(C)C(C)C(C)C(C)C(C)CC.[3HH].[3H][3H]. The average molecular weight is 315 g/mol. The first-order chi connectivity index (χ1) is 10.5. The van der Waals surface area contributed by atoms with E-state index in [9.17, 15) is 0 Å². The highest BCUT2D eigenvalue weighted by Gasteiger charge is 2.25. The fourth-order valence-electron chi connectivity index (χ4n) is 2.26. The maximum Gasteiger partial charge on any atom is 0 e. The van der Waals surface area contributed by atoms with E-state index in [1.54, 1.807) is 0 Å². The van der Waals surface area contributed by atoms with E-state index in [1.165, 1.54) is 12.8 Å². The Balaban J connectivity index is -0.0000000504. The van der Waals surface area contributed by atoms with E-state index >= 15 is 0 Å². The molecule has 0 aromatic carbocycles. The highest BCUT2D eigenvalue weighted by atomic mass is 14.3. The molecule has 0 rings (SSSR count). The topological polar surface area (TPSA) is 0 Å². The van der Waals surface area contributed by atoms with Crippen molar-refractivity contribution in [3.8, 4) is 0 Å². The lowest BCUT2D eigenvalue weighted by atomic mass is 9.73. The standard InChI is InChI=1S/C14H30.3C2H6.CH4.2H2/c1-8-10(3)12(5)14(7)13(6)11(4)9-2;3*1-2;;;/h10-14H,8-9H2,1-7H3;3*1-2H3;1H4;2*1H/i;;;;;1+2T;1+2. The zero-order valence-corrected chi connectivity index (χ0v) is 17.3. The van der Waals surface area contributed by atoms with Crippen LogP contribution >= 0.6 is 0 Å². The maximum atomic E-state index is 5.00. The van der Waals surface area contributed by atoms with Crippen LogP contribution in [0.3, 0.4) is 0 Å². The molecular weight excluding hydrogens is 252 g/mol. The molecule has 0 N–H and O–H groups in total. The van der Waals surface area contributed by atoms with Crippen molar-refractivity contribution in [2.75, 3.05) is 0 Å². The third kappa shape index (κ3) is 16.2. The van der Waals surface area contributed by atoms with Crippen molar-refractivity contribution in [3.05, 3.63) is 0 Å². The molecule has 0 fully saturated rings. The smallest absolute Gasteiger partial charge is 0 e. The van der Waals surface area contributed by atoms with Crippen molar-refractivity contribution >= 4 is 0 Å². The van der Waals surface area contributed by atoms with Gasteiger partial charge in [-0.2, -0.15) is 0 Å². The van der Waals surface area contributed by atoms with E-state index < -0.39 is 0 Å². The molecule has 0 aliphatic rings. The van der Waals surface area contributed by atoms with Gasteiger partial charge in [-0.15, -0.1) is 0 Å². The van der Waals surface area contributed by atoms with Crippen molar-refractivity contribution in [2.24, 2.45) is 29.6 Å². The summed E-state index contributed by atoms with van der Waals surface area (Å²) in [6.07, 6.45) is 2.64. The van der Waals surface area contributed by atoms with Crippen LogP contribution < -0.4 is 0 Å². The van der Waals surface area contributed by atoms with Crippen molar-refractivity contribution < 1.29 is 4.40 Å². The summed E-state index contributed by atoms with van der Waals surface area (Å²) in [5.74, 6) is 4.33. The van der Waals surface area contributed by atoms with E-state index in [-0.39, 0.29) is 8.85 Å². The first kappa shape index (κ1) is 29.1. The molecule has 0 saturated heterocycles. The molecule has 4 unspecified atom stereocenters. The molecule has 0 heterocycles. The number of hydrogen-bond donors (Lipinski definition) is 0. The summed E-state index contributed by atoms with van der Waals surface area (Å²) in [4.78, 5) is 0. The van der Waals surface area contributed by atoms with Crippen LogP contribution in [0.2, 0.25) is 0 Å². The maximum absolute atomic E-state index is 5.00. The van der Waals surface area contributed by atoms with E-state index in [1.807, 2.05) is 41.5 Å². The second kappa shape index (κ2) is 25.0. The van der Waals surface area contributed by atoms with Gasteiger partial charge < -0.3 is 0 Å². The lowest BCUT2D eigenvalue weighted by molar-refractivity contribution is 0.164. The lowest BCUT2D eigenvalue weighted by Crippen LogP contribution is -2.25. The molecular formula is C21H56. The molecule has 0 bridgehead atoms. The molecule has 140 valence electrons. The second-order valence-corrected chi connectivity index (χ2v) is 5.35. The third-order valence-corrected chi connectivity index (χ3v) is 4.74. The summed E-state index contributed by atoms with van der Waals surface area (Å²) in [7, 11) is 0. The quantitative estimate of drug-likeness (QED) is 0.458. The fraction of sp³-hybridized carbons (Fsp3) is 1.00. The predicted molar refractivity (Wildman–Crippen MR) is 111 cm³/mol. The Morgan fingerprint density at radius 1 is 0.571 bits per heavy atom. The highest BCUT2D eigenvalue weighted by molar-refractivity contribution is 4.74. The van der Waals surface area contributed by atoms with Crippen LogP contribution in [0.15, 0.2) is 0 Å². The van der Waals surface area contributed by atoms with Crippen LogP contribution in [0.5, 0.6) is 0 Å². The molecule has 0 amide bonds. The van der Waals surface area contributed by atoms with Gasteiger partial charge in [-0.05, 0) is 29.6 Å². The molecule has 21 heavy (non-hydrogen) atoms. The van der Waals surface area contributed by atoms with Crippen LogP contribution in [0.25, 0.3) is 0 Å². The fourth-order valence-corrected chi connectivity index (χ4v) is 2.26. The van der Waals surface area contributed by atoms with Crippen molar-refractivity contribution in [1.29, 1.82) is 0 Å². The van der Waals surface area contributed by atoms with Crippen LogP contribution in [0, 0.1) is 29.6 Å². The number of rotatable bonds is 6. The van der Waals surface area contributed by atoms with Gasteiger partial charge in [0.25, 0.3) is 0 Å². The summed E-state index contributed by atoms with van der Waals surface area (Å²) < 4.78 is 10.0. The molecule has 0 aliphatic carbocycles. The van der Waals surface area contributed by atoms with Crippen molar-refractivity contribution in [1.82, 2.24) is 0 Å². The van der Waals surface area contributed by atoms with Crippen molar-refractivity contribution in [2.45, 2.75) is 110 Å². The first-order valence-electron chi connectivity index (χ1n) is 10.5. The minimum Gasteiger partial charge on any atom is -0.0776 e. The van der Waals surface area contributed by atoms with Crippen molar-refractivity contribution in [3.63, 3.8) is 0 Å². The van der Waals surface area contributed by atoms with Gasteiger partial charge in [0.15, 0.2) is 0 Å². The zero-order chi connectivity index (χ0) is 19.3. The average Bonchev–Trinajstić information content (AvgIpc) is 2.64. The zero-order valence-electron chi connectivity index (χ0n) is 19.3. The Morgan fingerprint density at radius 3 is 0.905 bits per heavy atom. The Labute approximate surface area is 145 Å². The summed E-state index contributed by atoms with van der Waals surface area (Å²) in [5, 5.41) is 0. The molecule has 0 aromatic rings. The van der Waals surface area contributed by atoms with Gasteiger partial charge in [0.1, 0.15) is 0 Å². The second-order valence-electron chi connectivity index (χ2n) is 5.35. The molecule has 0 nitrogen and oxygen atoms in total. The Morgan fingerprint density at radius 2 is 0.762 bits per heavy atom. The summed E-state index contributed by atoms with van der Waals surface area (Å²) in [5.41, 5.74) is 0. The molecule has 0 spiro atoms. The van der Waals surface area contributed by atoms with E-state index in [0.717, 1.165) is 29.6 Å². The Bertz CT molecular complexity index is 136. The number of hydrogen-bond acceptors (Lipinski definition) is 0. The van der Waals surface area contributed by atoms with Gasteiger partial charge in [-0.25, -0.2) is 0 Å². The highest BCUT2D eigenvalue weighted by Crippen LogP contribution is 2.33. The normalized spacial score (nSPS) is 16.2. The molecule has 0 radical (unpaired) electrons. The third-order valence-electron chi connectivity index (χ3n) is 4.74. The van der Waals surface area contributed by atoms with E-state index in [2.05, 4.69) is 48.5 Å². The molecule has 0 saturated carbocycles. The largest absolute Gasteiger partial charge is 0.0776 e. The lowest BCUT2D eigenvalue weighted by Gasteiger charge is -2.33. The molecule has 0 aliphatic heterocycles. The van der Waals surface area contributed by atoms with Gasteiger partial charge in [-0.1, -0.05) is 110 Å². The summed E-state index contributed by atoms with van der Waals surface area (Å²) in [6, 6.07) is 0. The monoisotopic (exact) mass is 314 g/mol. The van der Waals surface area contributed by atoms with Crippen LogP contribution in [0.4, 0.5) is 0 Å². The van der Waals surface area contributed by atoms with Gasteiger partial charge in [0.2, 0.25) is 0 Å². The van der Waals surface area contributed by atoms with E-state index in [4.69, 9.17) is 2.97 Å². The minimum absolute atomic E-state index is 0. The van der Waals surface area contributed by atoms with Gasteiger partial charge >= 0.3 is 0 Å². The van der Waals surface area contributed by atoms with Crippen LogP contribution in [-0.2, 0) is 0 Å². The molecule has 0 heteroatoms. The summed E-state index contributed by atoms with van der Waals surface area (Å²) >= 11 is 0. The van der Waals surface area contributed by atoms with Gasteiger partial charge in [0, 0.05) is 4.40 Å². The van der Waals surface area contributed by atoms with E-state index in [0.29, 0.717) is 0 Å². The molecule has 0 aromatic heterocycles. The van der Waals surface area contributed by atoms with Gasteiger partial charge in [-0.3, -0.25) is 0 Å². The Kier molecular flexibility index (Phi) is 34.6. The summed E-state index contributed by atoms with van der Waals surface area (Å²) in [6.45, 7) is 28.7. The molecule has 4 atom stereocenters. The Hall–Kier alpha value is 0. The van der Waals surface area contributed by atoms with Crippen LogP contribution in [0.1, 0.15) is 115 Å². The van der Waals surface area contributed by atoms with Gasteiger partial charge in [0.05, 0.1) is 0 Å². The van der Waals surface area contributed by atoms with Crippen LogP contribution in [-0.4, -0.2) is 0 Å². The first-order valence-corrected chi connectivity index (χ1v) is 9.45. The minimum atomic E-state index is 0.